The quantitative estimate of drug-likeness (QED) is 0.468. The predicted octanol–water partition coefficient (Wildman–Crippen LogP) is 1.89. The summed E-state index contributed by atoms with van der Waals surface area (Å²) in [5.41, 5.74) is 7.92. The summed E-state index contributed by atoms with van der Waals surface area (Å²) in [6.45, 7) is 2.04. The van der Waals surface area contributed by atoms with Crippen LogP contribution in [-0.4, -0.2) is 4.20 Å². The number of hydrogen-bond acceptors (Lipinski definition) is 2. The molecule has 0 fully saturated rings. The number of hydrogen-bond donors (Lipinski definition) is 2. The van der Waals surface area contributed by atoms with Crippen molar-refractivity contribution >= 4 is 29.0 Å². The topological polar surface area (TPSA) is 26.0 Å². The molecule has 0 amide bonds. The fourth-order valence-corrected chi connectivity index (χ4v) is 1.86. The zero-order chi connectivity index (χ0) is 7.72. The summed E-state index contributed by atoms with van der Waals surface area (Å²) in [5.74, 6) is 0.360. The third-order valence-electron chi connectivity index (χ3n) is 2.03. The van der Waals surface area contributed by atoms with Crippen LogP contribution in [0.3, 0.4) is 0 Å². The van der Waals surface area contributed by atoms with Gasteiger partial charge in [-0.3, -0.25) is 0 Å². The van der Waals surface area contributed by atoms with E-state index in [4.69, 9.17) is 18.0 Å². The molecule has 0 aliphatic heterocycles. The zero-order valence-electron chi connectivity index (χ0n) is 5.92. The molecule has 3 heteroatoms. The van der Waals surface area contributed by atoms with Crippen molar-refractivity contribution in [2.24, 2.45) is 11.7 Å². The molecule has 2 N–H and O–H groups in total. The molecule has 56 valence electrons. The largest absolute Gasteiger partial charge is 0.402 e. The average molecular weight is 173 g/mol. The van der Waals surface area contributed by atoms with Crippen LogP contribution in [0.1, 0.15) is 19.8 Å². The van der Waals surface area contributed by atoms with Gasteiger partial charge in [0.05, 0.1) is 4.20 Å². The van der Waals surface area contributed by atoms with E-state index in [0.29, 0.717) is 5.92 Å². The normalized spacial score (nSPS) is 25.6. The molecular formula is C7H11NS2. The van der Waals surface area contributed by atoms with Crippen LogP contribution in [0.2, 0.25) is 0 Å². The molecule has 0 bridgehead atoms. The van der Waals surface area contributed by atoms with Crippen LogP contribution in [0, 0.1) is 5.92 Å². The Morgan fingerprint density at radius 3 is 2.60 bits per heavy atom. The number of allylic oxidation sites excluding steroid dienone is 2. The Morgan fingerprint density at radius 2 is 2.40 bits per heavy atom. The van der Waals surface area contributed by atoms with E-state index in [0.717, 1.165) is 22.7 Å². The molecule has 0 spiro atoms. The SMILES string of the molecule is CC1=C(N)CCC1C(=S)S. The summed E-state index contributed by atoms with van der Waals surface area (Å²) in [4.78, 5) is 0. The van der Waals surface area contributed by atoms with Gasteiger partial charge in [0, 0.05) is 11.6 Å². The Kier molecular flexibility index (Phi) is 2.36. The van der Waals surface area contributed by atoms with E-state index >= 15 is 0 Å². The molecule has 0 heterocycles. The standard InChI is InChI=1S/C7H11NS2/c1-4-5(7(9)10)2-3-6(4)8/h5H,2-3,8H2,1H3,(H,9,10). The summed E-state index contributed by atoms with van der Waals surface area (Å²) in [5, 5.41) is 0. The van der Waals surface area contributed by atoms with Gasteiger partial charge in [-0.15, -0.1) is 12.6 Å². The van der Waals surface area contributed by atoms with Crippen molar-refractivity contribution in [2.45, 2.75) is 19.8 Å². The maximum atomic E-state index is 5.69. The first-order valence-corrected chi connectivity index (χ1v) is 4.16. The molecule has 1 aliphatic rings. The van der Waals surface area contributed by atoms with Gasteiger partial charge in [-0.1, -0.05) is 12.2 Å². The van der Waals surface area contributed by atoms with E-state index in [9.17, 15) is 0 Å². The van der Waals surface area contributed by atoms with E-state index in [1.807, 2.05) is 6.92 Å². The molecule has 1 atom stereocenters. The zero-order valence-corrected chi connectivity index (χ0v) is 7.64. The number of nitrogens with two attached hydrogens (primary N) is 1. The summed E-state index contributed by atoms with van der Waals surface area (Å²) in [6, 6.07) is 0. The van der Waals surface area contributed by atoms with Crippen molar-refractivity contribution in [1.29, 1.82) is 0 Å². The Hall–Kier alpha value is -0.0200. The molecular weight excluding hydrogens is 162 g/mol. The van der Waals surface area contributed by atoms with Crippen LogP contribution >= 0.6 is 24.8 Å². The second kappa shape index (κ2) is 2.93. The van der Waals surface area contributed by atoms with Gasteiger partial charge in [0.2, 0.25) is 0 Å². The lowest BCUT2D eigenvalue weighted by Crippen LogP contribution is -2.04. The van der Waals surface area contributed by atoms with Crippen molar-refractivity contribution < 1.29 is 0 Å². The Labute approximate surface area is 72.1 Å². The summed E-state index contributed by atoms with van der Waals surface area (Å²) in [6.07, 6.45) is 2.04. The monoisotopic (exact) mass is 173 g/mol. The van der Waals surface area contributed by atoms with E-state index in [1.54, 1.807) is 0 Å². The average Bonchev–Trinajstić information content (AvgIpc) is 2.14. The fourth-order valence-electron chi connectivity index (χ4n) is 1.25. The Balaban J connectivity index is 2.77. The smallest absolute Gasteiger partial charge is 0.0520 e. The maximum absolute atomic E-state index is 5.69. The lowest BCUT2D eigenvalue weighted by atomic mass is 10.1. The number of thiocarbonyl (C=S) groups is 1. The number of thiol groups is 1. The molecule has 0 aromatic rings. The summed E-state index contributed by atoms with van der Waals surface area (Å²) < 4.78 is 0.776. The second-order valence-electron chi connectivity index (χ2n) is 2.64. The highest BCUT2D eigenvalue weighted by atomic mass is 32.1. The van der Waals surface area contributed by atoms with Crippen molar-refractivity contribution in [1.82, 2.24) is 0 Å². The molecule has 1 rings (SSSR count). The first-order valence-electron chi connectivity index (χ1n) is 3.31. The van der Waals surface area contributed by atoms with Crippen molar-refractivity contribution in [3.8, 4) is 0 Å². The minimum atomic E-state index is 0.360. The van der Waals surface area contributed by atoms with Crippen LogP contribution in [-0.2, 0) is 0 Å². The summed E-state index contributed by atoms with van der Waals surface area (Å²) in [7, 11) is 0. The van der Waals surface area contributed by atoms with Crippen molar-refractivity contribution in [3.63, 3.8) is 0 Å². The van der Waals surface area contributed by atoms with Crippen LogP contribution in [0.5, 0.6) is 0 Å². The predicted molar refractivity (Wildman–Crippen MR) is 51.2 cm³/mol. The van der Waals surface area contributed by atoms with Gasteiger partial charge in [0.15, 0.2) is 0 Å². The molecule has 0 radical (unpaired) electrons. The van der Waals surface area contributed by atoms with Gasteiger partial charge in [0.1, 0.15) is 0 Å². The molecule has 0 aromatic heterocycles. The van der Waals surface area contributed by atoms with Crippen molar-refractivity contribution in [3.05, 3.63) is 11.3 Å². The summed E-state index contributed by atoms with van der Waals surface area (Å²) >= 11 is 9.09. The molecule has 10 heavy (non-hydrogen) atoms. The highest BCUT2D eigenvalue weighted by Gasteiger charge is 2.22. The van der Waals surface area contributed by atoms with E-state index in [-0.39, 0.29) is 0 Å². The molecule has 1 unspecified atom stereocenters. The van der Waals surface area contributed by atoms with Crippen LogP contribution in [0.25, 0.3) is 0 Å². The fraction of sp³-hybridized carbons (Fsp3) is 0.571. The van der Waals surface area contributed by atoms with Gasteiger partial charge in [-0.25, -0.2) is 0 Å². The maximum Gasteiger partial charge on any atom is 0.0520 e. The van der Waals surface area contributed by atoms with Crippen LogP contribution < -0.4 is 5.73 Å². The third-order valence-corrected chi connectivity index (χ3v) is 2.63. The minimum absolute atomic E-state index is 0.360. The molecule has 0 saturated heterocycles. The molecule has 1 aliphatic carbocycles. The first kappa shape index (κ1) is 8.08. The Bertz CT molecular complexity index is 196. The van der Waals surface area contributed by atoms with Gasteiger partial charge in [-0.05, 0) is 25.3 Å². The molecule has 1 nitrogen and oxygen atoms in total. The van der Waals surface area contributed by atoms with Gasteiger partial charge in [-0.2, -0.15) is 0 Å². The van der Waals surface area contributed by atoms with Gasteiger partial charge < -0.3 is 5.73 Å². The lowest BCUT2D eigenvalue weighted by molar-refractivity contribution is 0.792. The van der Waals surface area contributed by atoms with Gasteiger partial charge >= 0.3 is 0 Å². The molecule has 0 aromatic carbocycles. The third kappa shape index (κ3) is 1.35. The van der Waals surface area contributed by atoms with Gasteiger partial charge in [0.25, 0.3) is 0 Å². The van der Waals surface area contributed by atoms with Crippen LogP contribution in [0.15, 0.2) is 11.3 Å². The van der Waals surface area contributed by atoms with Crippen molar-refractivity contribution in [2.75, 3.05) is 0 Å². The molecule has 0 saturated carbocycles. The Morgan fingerprint density at radius 1 is 1.80 bits per heavy atom. The first-order chi connectivity index (χ1) is 4.63. The van der Waals surface area contributed by atoms with E-state index < -0.39 is 0 Å². The second-order valence-corrected chi connectivity index (χ2v) is 3.86. The van der Waals surface area contributed by atoms with E-state index in [2.05, 4.69) is 12.6 Å². The highest BCUT2D eigenvalue weighted by molar-refractivity contribution is 8.11. The van der Waals surface area contributed by atoms with E-state index in [1.165, 1.54) is 5.57 Å². The lowest BCUT2D eigenvalue weighted by Gasteiger charge is -2.06. The van der Waals surface area contributed by atoms with Crippen LogP contribution in [0.4, 0.5) is 0 Å². The minimum Gasteiger partial charge on any atom is -0.402 e. The highest BCUT2D eigenvalue weighted by Crippen LogP contribution is 2.30. The number of rotatable bonds is 1.